The van der Waals surface area contributed by atoms with E-state index in [4.69, 9.17) is 11.6 Å². The van der Waals surface area contributed by atoms with Crippen molar-refractivity contribution < 1.29 is 0 Å². The number of nitrogens with zero attached hydrogens (tertiary/aromatic N) is 2. The van der Waals surface area contributed by atoms with Crippen LogP contribution < -0.4 is 0 Å². The third kappa shape index (κ3) is 1.85. The van der Waals surface area contributed by atoms with Crippen molar-refractivity contribution in [3.63, 3.8) is 0 Å². The summed E-state index contributed by atoms with van der Waals surface area (Å²) in [7, 11) is 0. The van der Waals surface area contributed by atoms with Gasteiger partial charge < -0.3 is 0 Å². The van der Waals surface area contributed by atoms with Crippen LogP contribution in [0.2, 0.25) is 0 Å². The third-order valence-corrected chi connectivity index (χ3v) is 3.86. The number of thiazole rings is 1. The van der Waals surface area contributed by atoms with Gasteiger partial charge in [0.2, 0.25) is 0 Å². The highest BCUT2D eigenvalue weighted by atomic mass is 35.5. The Balaban J connectivity index is 2.16. The molecule has 0 saturated heterocycles. The smallest absolute Gasteiger partial charge is 0.194 e. The standard InChI is InChI=1S/C13H11ClN2S/c1-9-2-4-10(5-3-9)12-8-17-13-15-11(6-14)7-16(12)13/h2-5,7-8H,6H2,1H3. The quantitative estimate of drug-likeness (QED) is 0.636. The molecule has 0 bridgehead atoms. The summed E-state index contributed by atoms with van der Waals surface area (Å²) in [6, 6.07) is 8.52. The van der Waals surface area contributed by atoms with E-state index in [1.54, 1.807) is 11.3 Å². The van der Waals surface area contributed by atoms with E-state index in [0.717, 1.165) is 10.7 Å². The molecule has 0 N–H and O–H groups in total. The minimum absolute atomic E-state index is 0.460. The SMILES string of the molecule is Cc1ccc(-c2csc3nc(CCl)cn23)cc1. The first-order valence-corrected chi connectivity index (χ1v) is 6.78. The molecule has 4 heteroatoms. The Bertz CT molecular complexity index is 652. The highest BCUT2D eigenvalue weighted by Crippen LogP contribution is 2.26. The molecule has 0 aliphatic carbocycles. The second-order valence-corrected chi connectivity index (χ2v) is 5.11. The average Bonchev–Trinajstić information content (AvgIpc) is 2.89. The molecule has 2 nitrogen and oxygen atoms in total. The molecule has 0 aliphatic rings. The Hall–Kier alpha value is -1.32. The summed E-state index contributed by atoms with van der Waals surface area (Å²) in [6.45, 7) is 2.09. The van der Waals surface area contributed by atoms with Gasteiger partial charge >= 0.3 is 0 Å². The first kappa shape index (κ1) is 10.8. The summed E-state index contributed by atoms with van der Waals surface area (Å²) in [4.78, 5) is 5.44. The van der Waals surface area contributed by atoms with Crippen LogP contribution in [0.15, 0.2) is 35.8 Å². The topological polar surface area (TPSA) is 17.3 Å². The van der Waals surface area contributed by atoms with Crippen molar-refractivity contribution in [1.82, 2.24) is 9.38 Å². The van der Waals surface area contributed by atoms with Crippen LogP contribution in [0.5, 0.6) is 0 Å². The first-order chi connectivity index (χ1) is 8.28. The fourth-order valence-electron chi connectivity index (χ4n) is 1.83. The molecule has 0 spiro atoms. The lowest BCUT2D eigenvalue weighted by Gasteiger charge is -2.00. The van der Waals surface area contributed by atoms with Crippen molar-refractivity contribution >= 4 is 27.9 Å². The molecule has 86 valence electrons. The molecule has 3 rings (SSSR count). The van der Waals surface area contributed by atoms with Gasteiger partial charge in [-0.15, -0.1) is 22.9 Å². The van der Waals surface area contributed by atoms with Crippen molar-refractivity contribution in [2.45, 2.75) is 12.8 Å². The molecule has 0 amide bonds. The number of imidazole rings is 1. The van der Waals surface area contributed by atoms with Gasteiger partial charge in [0.25, 0.3) is 0 Å². The van der Waals surface area contributed by atoms with E-state index in [-0.39, 0.29) is 0 Å². The maximum absolute atomic E-state index is 5.80. The molecule has 1 aromatic carbocycles. The minimum Gasteiger partial charge on any atom is -0.290 e. The molecular weight excluding hydrogens is 252 g/mol. The number of hydrogen-bond donors (Lipinski definition) is 0. The van der Waals surface area contributed by atoms with Crippen molar-refractivity contribution in [3.05, 3.63) is 47.1 Å². The van der Waals surface area contributed by atoms with Gasteiger partial charge in [-0.2, -0.15) is 0 Å². The number of rotatable bonds is 2. The van der Waals surface area contributed by atoms with Crippen LogP contribution in [0.1, 0.15) is 11.3 Å². The Labute approximate surface area is 108 Å². The summed E-state index contributed by atoms with van der Waals surface area (Å²) >= 11 is 7.45. The third-order valence-electron chi connectivity index (χ3n) is 2.74. The first-order valence-electron chi connectivity index (χ1n) is 5.36. The van der Waals surface area contributed by atoms with Crippen LogP contribution in [0.3, 0.4) is 0 Å². The molecule has 0 atom stereocenters. The fourth-order valence-corrected chi connectivity index (χ4v) is 2.86. The van der Waals surface area contributed by atoms with E-state index in [2.05, 4.69) is 46.0 Å². The maximum atomic E-state index is 5.80. The van der Waals surface area contributed by atoms with Gasteiger partial charge in [-0.05, 0) is 12.5 Å². The van der Waals surface area contributed by atoms with Crippen molar-refractivity contribution in [3.8, 4) is 11.3 Å². The highest BCUT2D eigenvalue weighted by Gasteiger charge is 2.08. The molecule has 0 aliphatic heterocycles. The Morgan fingerprint density at radius 3 is 2.76 bits per heavy atom. The van der Waals surface area contributed by atoms with Crippen LogP contribution in [-0.2, 0) is 5.88 Å². The number of benzene rings is 1. The summed E-state index contributed by atoms with van der Waals surface area (Å²) in [5, 5.41) is 2.13. The van der Waals surface area contributed by atoms with Crippen molar-refractivity contribution in [2.24, 2.45) is 0 Å². The Kier molecular flexibility index (Phi) is 2.65. The maximum Gasteiger partial charge on any atom is 0.194 e. The molecule has 17 heavy (non-hydrogen) atoms. The Morgan fingerprint density at radius 2 is 2.06 bits per heavy atom. The molecule has 0 saturated carbocycles. The monoisotopic (exact) mass is 262 g/mol. The van der Waals surface area contributed by atoms with Gasteiger partial charge in [-0.1, -0.05) is 29.8 Å². The van der Waals surface area contributed by atoms with Crippen molar-refractivity contribution in [2.75, 3.05) is 0 Å². The van der Waals surface area contributed by atoms with Crippen LogP contribution >= 0.6 is 22.9 Å². The van der Waals surface area contributed by atoms with Crippen LogP contribution in [-0.4, -0.2) is 9.38 Å². The largest absolute Gasteiger partial charge is 0.290 e. The van der Waals surface area contributed by atoms with Crippen LogP contribution in [0.4, 0.5) is 0 Å². The van der Waals surface area contributed by atoms with E-state index < -0.39 is 0 Å². The second kappa shape index (κ2) is 4.17. The molecule has 2 aromatic heterocycles. The molecule has 2 heterocycles. The van der Waals surface area contributed by atoms with E-state index in [0.29, 0.717) is 5.88 Å². The molecule has 0 fully saturated rings. The molecule has 3 aromatic rings. The lowest BCUT2D eigenvalue weighted by molar-refractivity contribution is 1.21. The van der Waals surface area contributed by atoms with Crippen LogP contribution in [0, 0.1) is 6.92 Å². The predicted octanol–water partition coefficient (Wildman–Crippen LogP) is 4.11. The zero-order chi connectivity index (χ0) is 11.8. The highest BCUT2D eigenvalue weighted by molar-refractivity contribution is 7.15. The van der Waals surface area contributed by atoms with Gasteiger partial charge in [-0.3, -0.25) is 4.40 Å². The summed E-state index contributed by atoms with van der Waals surface area (Å²) < 4.78 is 2.10. The number of aryl methyl sites for hydroxylation is 1. The zero-order valence-electron chi connectivity index (χ0n) is 9.35. The van der Waals surface area contributed by atoms with Gasteiger partial charge in [-0.25, -0.2) is 4.98 Å². The molecule has 0 radical (unpaired) electrons. The number of aromatic nitrogens is 2. The van der Waals surface area contributed by atoms with E-state index in [9.17, 15) is 0 Å². The number of fused-ring (bicyclic) bond motifs is 1. The van der Waals surface area contributed by atoms with E-state index in [1.807, 2.05) is 6.20 Å². The number of alkyl halides is 1. The Morgan fingerprint density at radius 1 is 1.29 bits per heavy atom. The predicted molar refractivity (Wildman–Crippen MR) is 72.8 cm³/mol. The average molecular weight is 263 g/mol. The van der Waals surface area contributed by atoms with Gasteiger partial charge in [0, 0.05) is 11.6 Å². The summed E-state index contributed by atoms with van der Waals surface area (Å²) in [5.41, 5.74) is 4.58. The van der Waals surface area contributed by atoms with Crippen LogP contribution in [0.25, 0.3) is 16.2 Å². The van der Waals surface area contributed by atoms with Gasteiger partial charge in [0.1, 0.15) is 0 Å². The number of hydrogen-bond acceptors (Lipinski definition) is 2. The van der Waals surface area contributed by atoms with E-state index in [1.165, 1.54) is 16.8 Å². The zero-order valence-corrected chi connectivity index (χ0v) is 10.9. The molecular formula is C13H11ClN2S. The van der Waals surface area contributed by atoms with E-state index >= 15 is 0 Å². The summed E-state index contributed by atoms with van der Waals surface area (Å²) in [6.07, 6.45) is 2.01. The summed E-state index contributed by atoms with van der Waals surface area (Å²) in [5.74, 6) is 0.460. The lowest BCUT2D eigenvalue weighted by atomic mass is 10.1. The minimum atomic E-state index is 0.460. The second-order valence-electron chi connectivity index (χ2n) is 4.01. The van der Waals surface area contributed by atoms with Crippen molar-refractivity contribution in [1.29, 1.82) is 0 Å². The number of halogens is 1. The molecule has 0 unspecified atom stereocenters. The van der Waals surface area contributed by atoms with Gasteiger partial charge in [0.15, 0.2) is 4.96 Å². The van der Waals surface area contributed by atoms with Gasteiger partial charge in [0.05, 0.1) is 17.3 Å². The normalized spacial score (nSPS) is 11.2. The lowest BCUT2D eigenvalue weighted by Crippen LogP contribution is -1.84. The fraction of sp³-hybridized carbons (Fsp3) is 0.154.